The van der Waals surface area contributed by atoms with Gasteiger partial charge in [-0.05, 0) is 47.9 Å². The van der Waals surface area contributed by atoms with Gasteiger partial charge in [0.05, 0.1) is 11.1 Å². The molecule has 0 aliphatic carbocycles. The van der Waals surface area contributed by atoms with Crippen LogP contribution in [0.3, 0.4) is 0 Å². The van der Waals surface area contributed by atoms with Crippen LogP contribution in [0.15, 0.2) is 36.4 Å². The van der Waals surface area contributed by atoms with E-state index in [0.29, 0.717) is 5.56 Å². The molecule has 2 aromatic rings. The summed E-state index contributed by atoms with van der Waals surface area (Å²) in [4.78, 5) is 0. The normalized spacial score (nSPS) is 12.4. The second kappa shape index (κ2) is 6.26. The molecule has 0 spiro atoms. The largest absolute Gasteiger partial charge is 0.271 e. The van der Waals surface area contributed by atoms with Gasteiger partial charge in [-0.25, -0.2) is 13.2 Å². The molecule has 1 atom stereocenters. The quantitative estimate of drug-likeness (QED) is 0.670. The van der Waals surface area contributed by atoms with Gasteiger partial charge in [0.1, 0.15) is 17.5 Å². The summed E-state index contributed by atoms with van der Waals surface area (Å²) in [6, 6.07) is 6.78. The Balaban J connectivity index is 2.28. The molecule has 0 aliphatic heterocycles. The molecule has 2 nitrogen and oxygen atoms in total. The molecule has 0 saturated carbocycles. The van der Waals surface area contributed by atoms with Crippen LogP contribution in [0.5, 0.6) is 0 Å². The van der Waals surface area contributed by atoms with Crippen LogP contribution in [0.1, 0.15) is 17.2 Å². The van der Waals surface area contributed by atoms with Crippen molar-refractivity contribution in [3.05, 3.63) is 70.0 Å². The first-order valence-corrected chi connectivity index (χ1v) is 6.24. The number of hydrogen-bond acceptors (Lipinski definition) is 2. The average Bonchev–Trinajstić information content (AvgIpc) is 2.43. The summed E-state index contributed by atoms with van der Waals surface area (Å²) < 4.78 is 40.1. The Morgan fingerprint density at radius 1 is 1.05 bits per heavy atom. The van der Waals surface area contributed by atoms with E-state index in [-0.39, 0.29) is 17.0 Å². The smallest absolute Gasteiger partial charge is 0.142 e. The zero-order chi connectivity index (χ0) is 14.7. The molecule has 0 aromatic heterocycles. The molecular weight excluding hydrogens is 289 g/mol. The Morgan fingerprint density at radius 2 is 1.80 bits per heavy atom. The molecule has 2 aromatic carbocycles. The maximum absolute atomic E-state index is 13.6. The summed E-state index contributed by atoms with van der Waals surface area (Å²) >= 11 is 5.60. The van der Waals surface area contributed by atoms with Crippen LogP contribution in [0.2, 0.25) is 5.02 Å². The number of benzene rings is 2. The third kappa shape index (κ3) is 3.30. The van der Waals surface area contributed by atoms with Crippen molar-refractivity contribution in [1.29, 1.82) is 0 Å². The number of hydrazine groups is 1. The molecule has 3 N–H and O–H groups in total. The third-order valence-electron chi connectivity index (χ3n) is 2.98. The fraction of sp³-hybridized carbons (Fsp3) is 0.143. The first kappa shape index (κ1) is 14.8. The molecule has 106 valence electrons. The van der Waals surface area contributed by atoms with Gasteiger partial charge >= 0.3 is 0 Å². The van der Waals surface area contributed by atoms with Crippen molar-refractivity contribution in [1.82, 2.24) is 5.43 Å². The summed E-state index contributed by atoms with van der Waals surface area (Å²) in [7, 11) is 0. The van der Waals surface area contributed by atoms with Gasteiger partial charge in [-0.1, -0.05) is 17.7 Å². The maximum atomic E-state index is 13.6. The van der Waals surface area contributed by atoms with E-state index in [1.165, 1.54) is 12.1 Å². The summed E-state index contributed by atoms with van der Waals surface area (Å²) in [5.74, 6) is 3.73. The number of hydrogen-bond donors (Lipinski definition) is 2. The minimum Gasteiger partial charge on any atom is -0.271 e. The Kier molecular flexibility index (Phi) is 4.65. The molecule has 0 saturated heterocycles. The van der Waals surface area contributed by atoms with Crippen LogP contribution in [-0.4, -0.2) is 0 Å². The lowest BCUT2D eigenvalue weighted by Gasteiger charge is -2.17. The predicted octanol–water partition coefficient (Wildman–Crippen LogP) is 3.50. The average molecular weight is 301 g/mol. The molecule has 2 rings (SSSR count). The van der Waals surface area contributed by atoms with Crippen molar-refractivity contribution in [2.45, 2.75) is 12.5 Å². The highest BCUT2D eigenvalue weighted by atomic mass is 35.5. The van der Waals surface area contributed by atoms with Gasteiger partial charge in [0.25, 0.3) is 0 Å². The van der Waals surface area contributed by atoms with Crippen LogP contribution in [0.25, 0.3) is 0 Å². The van der Waals surface area contributed by atoms with E-state index in [9.17, 15) is 13.2 Å². The van der Waals surface area contributed by atoms with E-state index in [0.717, 1.165) is 18.2 Å². The standard InChI is InChI=1S/C14H12ClF3N2/c15-11-3-1-8(6-13(11)18)14(20-19)7-9-5-10(16)2-4-12(9)17/h1-6,14,20H,7,19H2. The van der Waals surface area contributed by atoms with E-state index < -0.39 is 23.5 Å². The lowest BCUT2D eigenvalue weighted by Crippen LogP contribution is -2.30. The SMILES string of the molecule is NNC(Cc1cc(F)ccc1F)c1ccc(Cl)c(F)c1. The maximum Gasteiger partial charge on any atom is 0.142 e. The van der Waals surface area contributed by atoms with Gasteiger partial charge < -0.3 is 0 Å². The van der Waals surface area contributed by atoms with Crippen LogP contribution in [0, 0.1) is 17.5 Å². The third-order valence-corrected chi connectivity index (χ3v) is 3.29. The van der Waals surface area contributed by atoms with Crippen molar-refractivity contribution in [3.8, 4) is 0 Å². The minimum atomic E-state index is -0.593. The molecule has 0 fully saturated rings. The lowest BCUT2D eigenvalue weighted by atomic mass is 9.99. The Bertz CT molecular complexity index is 619. The predicted molar refractivity (Wildman–Crippen MR) is 71.5 cm³/mol. The van der Waals surface area contributed by atoms with Gasteiger partial charge in [0.15, 0.2) is 0 Å². The van der Waals surface area contributed by atoms with Crippen molar-refractivity contribution in [2.75, 3.05) is 0 Å². The van der Waals surface area contributed by atoms with E-state index >= 15 is 0 Å². The van der Waals surface area contributed by atoms with E-state index in [2.05, 4.69) is 5.43 Å². The monoisotopic (exact) mass is 300 g/mol. The van der Waals surface area contributed by atoms with Crippen LogP contribution < -0.4 is 11.3 Å². The van der Waals surface area contributed by atoms with Crippen molar-refractivity contribution < 1.29 is 13.2 Å². The minimum absolute atomic E-state index is 0.0125. The van der Waals surface area contributed by atoms with Crippen LogP contribution in [0.4, 0.5) is 13.2 Å². The zero-order valence-electron chi connectivity index (χ0n) is 10.3. The highest BCUT2D eigenvalue weighted by molar-refractivity contribution is 6.30. The second-order valence-corrected chi connectivity index (χ2v) is 4.74. The summed E-state index contributed by atoms with van der Waals surface area (Å²) in [5, 5.41) is -0.0125. The van der Waals surface area contributed by atoms with Crippen LogP contribution in [-0.2, 0) is 6.42 Å². The summed E-state index contributed by atoms with van der Waals surface area (Å²) in [6.45, 7) is 0. The molecule has 0 aliphatic rings. The Morgan fingerprint density at radius 3 is 2.45 bits per heavy atom. The number of rotatable bonds is 4. The van der Waals surface area contributed by atoms with Crippen LogP contribution >= 0.6 is 11.6 Å². The van der Waals surface area contributed by atoms with E-state index in [1.807, 2.05) is 0 Å². The Labute approximate surface area is 119 Å². The van der Waals surface area contributed by atoms with Crippen molar-refractivity contribution >= 4 is 11.6 Å². The van der Waals surface area contributed by atoms with E-state index in [4.69, 9.17) is 17.4 Å². The zero-order valence-corrected chi connectivity index (χ0v) is 11.1. The molecule has 0 heterocycles. The fourth-order valence-corrected chi connectivity index (χ4v) is 2.04. The first-order valence-electron chi connectivity index (χ1n) is 5.86. The topological polar surface area (TPSA) is 38.0 Å². The number of nitrogens with one attached hydrogen (secondary N) is 1. The number of halogens is 4. The van der Waals surface area contributed by atoms with Crippen molar-refractivity contribution in [2.24, 2.45) is 5.84 Å². The van der Waals surface area contributed by atoms with Gasteiger partial charge in [0.2, 0.25) is 0 Å². The molecule has 20 heavy (non-hydrogen) atoms. The van der Waals surface area contributed by atoms with Crippen molar-refractivity contribution in [3.63, 3.8) is 0 Å². The highest BCUT2D eigenvalue weighted by Crippen LogP contribution is 2.24. The fourth-order valence-electron chi connectivity index (χ4n) is 1.92. The first-order chi connectivity index (χ1) is 9.51. The van der Waals surface area contributed by atoms with Gasteiger partial charge in [-0.3, -0.25) is 11.3 Å². The molecule has 0 amide bonds. The molecule has 1 unspecified atom stereocenters. The second-order valence-electron chi connectivity index (χ2n) is 4.33. The number of nitrogens with two attached hydrogens (primary N) is 1. The molecule has 6 heteroatoms. The Hall–Kier alpha value is -1.56. The van der Waals surface area contributed by atoms with Gasteiger partial charge in [0, 0.05) is 0 Å². The lowest BCUT2D eigenvalue weighted by molar-refractivity contribution is 0.519. The molecule has 0 bridgehead atoms. The molecular formula is C14H12ClF3N2. The summed E-state index contributed by atoms with van der Waals surface area (Å²) in [5.41, 5.74) is 3.12. The highest BCUT2D eigenvalue weighted by Gasteiger charge is 2.15. The van der Waals surface area contributed by atoms with E-state index in [1.54, 1.807) is 6.07 Å². The molecule has 0 radical (unpaired) electrons. The van der Waals surface area contributed by atoms with Gasteiger partial charge in [-0.15, -0.1) is 0 Å². The summed E-state index contributed by atoms with van der Waals surface area (Å²) in [6.07, 6.45) is 0.0845. The van der Waals surface area contributed by atoms with Gasteiger partial charge in [-0.2, -0.15) is 0 Å².